The molecule has 0 aromatic carbocycles. The number of aliphatic imine (C=N–C) groups is 1. The summed E-state index contributed by atoms with van der Waals surface area (Å²) in [5.41, 5.74) is -0.00947. The van der Waals surface area contributed by atoms with Crippen LogP contribution in [-0.2, 0) is 12.0 Å². The molecule has 120 valence electrons. The zero-order chi connectivity index (χ0) is 15.7. The van der Waals surface area contributed by atoms with Gasteiger partial charge in [0.05, 0.1) is 12.7 Å². The van der Waals surface area contributed by atoms with E-state index in [0.717, 1.165) is 18.3 Å². The van der Waals surface area contributed by atoms with E-state index in [1.807, 2.05) is 0 Å². The van der Waals surface area contributed by atoms with Gasteiger partial charge >= 0.3 is 0 Å². The summed E-state index contributed by atoms with van der Waals surface area (Å²) in [5, 5.41) is 6.53. The van der Waals surface area contributed by atoms with Crippen molar-refractivity contribution in [2.24, 2.45) is 4.99 Å². The molecular weight excluding hydrogens is 264 g/mol. The molecule has 0 unspecified atom stereocenters. The van der Waals surface area contributed by atoms with Crippen molar-refractivity contribution in [1.82, 2.24) is 15.6 Å². The Morgan fingerprint density at radius 1 is 1.24 bits per heavy atom. The monoisotopic (exact) mass is 294 g/mol. The van der Waals surface area contributed by atoms with E-state index in [-0.39, 0.29) is 5.41 Å². The first-order valence-electron chi connectivity index (χ1n) is 7.87. The Morgan fingerprint density at radius 2 is 2.00 bits per heavy atom. The fourth-order valence-corrected chi connectivity index (χ4v) is 1.88. The van der Waals surface area contributed by atoms with Crippen LogP contribution >= 0.6 is 0 Å². The zero-order valence-electron chi connectivity index (χ0n) is 14.1. The van der Waals surface area contributed by atoms with Crippen LogP contribution in [0.25, 0.3) is 0 Å². The van der Waals surface area contributed by atoms with Gasteiger partial charge in [-0.15, -0.1) is 0 Å². The highest BCUT2D eigenvalue weighted by Gasteiger charge is 2.19. The van der Waals surface area contributed by atoms with Crippen molar-refractivity contribution in [2.45, 2.75) is 65.3 Å². The molecule has 5 heteroatoms. The first-order chi connectivity index (χ1) is 9.97. The summed E-state index contributed by atoms with van der Waals surface area (Å²) in [6.45, 7) is 10.0. The molecule has 0 saturated heterocycles. The number of hydrogen-bond acceptors (Lipinski definition) is 3. The topological polar surface area (TPSA) is 62.5 Å². The maximum absolute atomic E-state index is 5.74. The largest absolute Gasteiger partial charge is 0.443 e. The highest BCUT2D eigenvalue weighted by Crippen LogP contribution is 2.22. The second-order valence-electron chi connectivity index (χ2n) is 6.28. The van der Waals surface area contributed by atoms with Crippen LogP contribution in [0.2, 0.25) is 0 Å². The maximum Gasteiger partial charge on any atom is 0.213 e. The lowest BCUT2D eigenvalue weighted by molar-refractivity contribution is 0.379. The average molecular weight is 294 g/mol. The number of hydrogen-bond donors (Lipinski definition) is 2. The van der Waals surface area contributed by atoms with Gasteiger partial charge in [-0.3, -0.25) is 4.99 Å². The number of oxazole rings is 1. The highest BCUT2D eigenvalue weighted by molar-refractivity contribution is 5.79. The molecule has 0 amide bonds. The van der Waals surface area contributed by atoms with Gasteiger partial charge in [-0.25, -0.2) is 4.98 Å². The Morgan fingerprint density at radius 3 is 2.57 bits per heavy atom. The minimum absolute atomic E-state index is 0.00947. The van der Waals surface area contributed by atoms with Crippen LogP contribution in [0.4, 0.5) is 0 Å². The van der Waals surface area contributed by atoms with Crippen molar-refractivity contribution >= 4 is 5.96 Å². The van der Waals surface area contributed by atoms with Crippen LogP contribution in [0.3, 0.4) is 0 Å². The smallest absolute Gasteiger partial charge is 0.213 e. The highest BCUT2D eigenvalue weighted by atomic mass is 16.4. The van der Waals surface area contributed by atoms with Crippen LogP contribution in [0.1, 0.15) is 65.0 Å². The molecule has 0 bridgehead atoms. The Bertz CT molecular complexity index is 432. The molecule has 0 aliphatic heterocycles. The molecule has 0 spiro atoms. The lowest BCUT2D eigenvalue weighted by atomic mass is 9.94. The maximum atomic E-state index is 5.74. The van der Waals surface area contributed by atoms with E-state index in [9.17, 15) is 0 Å². The lowest BCUT2D eigenvalue weighted by Crippen LogP contribution is -2.37. The summed E-state index contributed by atoms with van der Waals surface area (Å²) in [5.74, 6) is 2.39. The fraction of sp³-hybridized carbons (Fsp3) is 0.750. The first-order valence-corrected chi connectivity index (χ1v) is 7.87. The van der Waals surface area contributed by atoms with Crippen LogP contribution in [0.15, 0.2) is 15.6 Å². The van der Waals surface area contributed by atoms with E-state index >= 15 is 0 Å². The number of guanidine groups is 1. The normalized spacial score (nSPS) is 12.5. The molecule has 0 radical (unpaired) electrons. The molecule has 21 heavy (non-hydrogen) atoms. The van der Waals surface area contributed by atoms with Gasteiger partial charge < -0.3 is 15.1 Å². The molecule has 2 N–H and O–H groups in total. The Hall–Kier alpha value is -1.52. The number of nitrogens with zero attached hydrogens (tertiary/aromatic N) is 2. The van der Waals surface area contributed by atoms with Crippen LogP contribution < -0.4 is 10.6 Å². The molecular formula is C16H30N4O. The Kier molecular flexibility index (Phi) is 7.26. The fourth-order valence-electron chi connectivity index (χ4n) is 1.88. The van der Waals surface area contributed by atoms with Gasteiger partial charge in [-0.1, -0.05) is 47.0 Å². The van der Waals surface area contributed by atoms with E-state index in [0.29, 0.717) is 12.4 Å². The number of unbranched alkanes of at least 4 members (excludes halogenated alkanes) is 3. The van der Waals surface area contributed by atoms with Gasteiger partial charge in [0.1, 0.15) is 5.76 Å². The molecule has 0 aliphatic carbocycles. The third-order valence-electron chi connectivity index (χ3n) is 3.25. The first kappa shape index (κ1) is 17.5. The summed E-state index contributed by atoms with van der Waals surface area (Å²) in [4.78, 5) is 8.50. The van der Waals surface area contributed by atoms with Crippen molar-refractivity contribution in [3.05, 3.63) is 17.8 Å². The molecule has 0 atom stereocenters. The van der Waals surface area contributed by atoms with Crippen molar-refractivity contribution in [2.75, 3.05) is 13.6 Å². The van der Waals surface area contributed by atoms with Crippen molar-refractivity contribution in [3.63, 3.8) is 0 Å². The van der Waals surface area contributed by atoms with Crippen LogP contribution in [-0.4, -0.2) is 24.5 Å². The second-order valence-corrected chi connectivity index (χ2v) is 6.28. The molecule has 0 fully saturated rings. The summed E-state index contributed by atoms with van der Waals surface area (Å²) >= 11 is 0. The molecule has 0 saturated carbocycles. The van der Waals surface area contributed by atoms with E-state index in [4.69, 9.17) is 4.42 Å². The Balaban J connectivity index is 2.33. The van der Waals surface area contributed by atoms with Gasteiger partial charge in [0.2, 0.25) is 5.89 Å². The van der Waals surface area contributed by atoms with Gasteiger partial charge in [0, 0.05) is 19.0 Å². The van der Waals surface area contributed by atoms with Crippen molar-refractivity contribution in [1.29, 1.82) is 0 Å². The third-order valence-corrected chi connectivity index (χ3v) is 3.25. The van der Waals surface area contributed by atoms with Crippen molar-refractivity contribution in [3.8, 4) is 0 Å². The zero-order valence-corrected chi connectivity index (χ0v) is 14.1. The van der Waals surface area contributed by atoms with E-state index in [1.54, 1.807) is 13.2 Å². The van der Waals surface area contributed by atoms with E-state index in [1.165, 1.54) is 25.7 Å². The minimum atomic E-state index is -0.00947. The summed E-state index contributed by atoms with van der Waals surface area (Å²) < 4.78 is 5.74. The summed E-state index contributed by atoms with van der Waals surface area (Å²) in [7, 11) is 1.78. The standard InChI is InChI=1S/C16H30N4O/c1-6-7-8-9-10-18-15(17-5)20-12-14-19-11-13(21-14)16(2,3)4/h11H,6-10,12H2,1-5H3,(H2,17,18,20). The number of rotatable bonds is 7. The average Bonchev–Trinajstić information content (AvgIpc) is 2.91. The molecule has 1 heterocycles. The predicted molar refractivity (Wildman–Crippen MR) is 87.5 cm³/mol. The van der Waals surface area contributed by atoms with E-state index < -0.39 is 0 Å². The van der Waals surface area contributed by atoms with Crippen LogP contribution in [0.5, 0.6) is 0 Å². The Labute approximate surface area is 128 Å². The van der Waals surface area contributed by atoms with Gasteiger partial charge in [-0.2, -0.15) is 0 Å². The second kappa shape index (κ2) is 8.70. The molecule has 1 rings (SSSR count). The van der Waals surface area contributed by atoms with Gasteiger partial charge in [-0.05, 0) is 6.42 Å². The number of aromatic nitrogens is 1. The third kappa shape index (κ3) is 6.65. The van der Waals surface area contributed by atoms with Gasteiger partial charge in [0.25, 0.3) is 0 Å². The molecule has 1 aromatic heterocycles. The van der Waals surface area contributed by atoms with Gasteiger partial charge in [0.15, 0.2) is 5.96 Å². The summed E-state index contributed by atoms with van der Waals surface area (Å²) in [6.07, 6.45) is 6.78. The quantitative estimate of drug-likeness (QED) is 0.460. The predicted octanol–water partition coefficient (Wildman–Crippen LogP) is 3.22. The minimum Gasteiger partial charge on any atom is -0.443 e. The van der Waals surface area contributed by atoms with E-state index in [2.05, 4.69) is 48.3 Å². The molecule has 5 nitrogen and oxygen atoms in total. The molecule has 1 aromatic rings. The molecule has 0 aliphatic rings. The number of nitrogens with one attached hydrogen (secondary N) is 2. The summed E-state index contributed by atoms with van der Waals surface area (Å²) in [6, 6.07) is 0. The lowest BCUT2D eigenvalue weighted by Gasteiger charge is -2.13. The van der Waals surface area contributed by atoms with Crippen LogP contribution in [0, 0.1) is 0 Å². The SMILES string of the molecule is CCCCCCNC(=NC)NCc1ncc(C(C)(C)C)o1. The van der Waals surface area contributed by atoms with Crippen molar-refractivity contribution < 1.29 is 4.42 Å².